The van der Waals surface area contributed by atoms with Crippen LogP contribution in [0.2, 0.25) is 0 Å². The zero-order valence-corrected chi connectivity index (χ0v) is 19.0. The predicted molar refractivity (Wildman–Crippen MR) is 114 cm³/mol. The average Bonchev–Trinajstić information content (AvgIpc) is 2.64. The van der Waals surface area contributed by atoms with Crippen molar-refractivity contribution in [3.05, 3.63) is 55.7 Å². The van der Waals surface area contributed by atoms with Crippen LogP contribution in [0.25, 0.3) is 0 Å². The van der Waals surface area contributed by atoms with Crippen molar-refractivity contribution >= 4 is 22.6 Å². The molecule has 2 heterocycles. The quantitative estimate of drug-likeness (QED) is 0.516. The van der Waals surface area contributed by atoms with Gasteiger partial charge in [0.15, 0.2) is 0 Å². The second-order valence-corrected chi connectivity index (χ2v) is 9.94. The third kappa shape index (κ3) is 3.75. The first kappa shape index (κ1) is 22.0. The molecule has 2 N–H and O–H groups in total. The molecule has 4 nitrogen and oxygen atoms in total. The molecule has 0 saturated heterocycles. The molecule has 30 heavy (non-hydrogen) atoms. The molecule has 1 fully saturated rings. The molecule has 2 aliphatic carbocycles. The fourth-order valence-corrected chi connectivity index (χ4v) is 5.95. The van der Waals surface area contributed by atoms with Crippen molar-refractivity contribution in [3.63, 3.8) is 0 Å². The summed E-state index contributed by atoms with van der Waals surface area (Å²) >= 11 is 2.13. The molecular weight excluding hydrogens is 508 g/mol. The highest BCUT2D eigenvalue weighted by Gasteiger charge is 2.45. The molecule has 1 saturated carbocycles. The van der Waals surface area contributed by atoms with E-state index in [0.29, 0.717) is 17.7 Å². The molecule has 162 valence electrons. The van der Waals surface area contributed by atoms with Gasteiger partial charge in [0.1, 0.15) is 6.10 Å². The maximum atomic E-state index is 12.9. The summed E-state index contributed by atoms with van der Waals surface area (Å²) in [5, 5.41) is 22.0. The van der Waals surface area contributed by atoms with E-state index >= 15 is 0 Å². The predicted octanol–water partition coefficient (Wildman–Crippen LogP) is 5.46. The van der Waals surface area contributed by atoms with E-state index in [0.717, 1.165) is 46.4 Å². The van der Waals surface area contributed by atoms with Crippen molar-refractivity contribution in [1.29, 1.82) is 0 Å². The van der Waals surface area contributed by atoms with Gasteiger partial charge in [0, 0.05) is 26.6 Å². The summed E-state index contributed by atoms with van der Waals surface area (Å²) in [6, 6.07) is 2.13. The van der Waals surface area contributed by atoms with Crippen LogP contribution in [0.5, 0.6) is 0 Å². The number of hydrogen-bond donors (Lipinski definition) is 2. The molecule has 2 aromatic heterocycles. The monoisotopic (exact) mass is 532 g/mol. The first-order chi connectivity index (χ1) is 14.0. The van der Waals surface area contributed by atoms with Crippen LogP contribution in [0.15, 0.2) is 18.3 Å². The number of halogens is 4. The first-order valence-corrected chi connectivity index (χ1v) is 11.2. The van der Waals surface area contributed by atoms with E-state index in [1.54, 1.807) is 0 Å². The van der Waals surface area contributed by atoms with E-state index in [4.69, 9.17) is 4.98 Å². The number of rotatable bonds is 3. The minimum Gasteiger partial charge on any atom is -0.388 e. The maximum absolute atomic E-state index is 12.9. The summed E-state index contributed by atoms with van der Waals surface area (Å²) in [7, 11) is 0. The minimum absolute atomic E-state index is 0.000626. The summed E-state index contributed by atoms with van der Waals surface area (Å²) in [5.41, 5.74) is 2.27. The molecule has 1 unspecified atom stereocenters. The van der Waals surface area contributed by atoms with Crippen LogP contribution in [0.4, 0.5) is 13.2 Å². The van der Waals surface area contributed by atoms with E-state index < -0.39 is 23.9 Å². The molecule has 0 radical (unpaired) electrons. The first-order valence-electron chi connectivity index (χ1n) is 10.1. The number of aliphatic hydroxyl groups excluding tert-OH is 2. The number of aromatic nitrogens is 2. The lowest BCUT2D eigenvalue weighted by molar-refractivity contribution is -0.137. The van der Waals surface area contributed by atoms with Crippen molar-refractivity contribution in [3.8, 4) is 0 Å². The third-order valence-corrected chi connectivity index (χ3v) is 7.61. The minimum atomic E-state index is -4.48. The van der Waals surface area contributed by atoms with Gasteiger partial charge in [-0.05, 0) is 71.7 Å². The van der Waals surface area contributed by atoms with Crippen molar-refractivity contribution in [1.82, 2.24) is 9.97 Å². The number of fused-ring (bicyclic) bond motifs is 1. The second kappa shape index (κ2) is 7.70. The largest absolute Gasteiger partial charge is 0.417 e. The zero-order chi connectivity index (χ0) is 21.8. The van der Waals surface area contributed by atoms with Crippen LogP contribution in [0.1, 0.15) is 91.4 Å². The third-order valence-electron chi connectivity index (χ3n) is 6.45. The number of alkyl halides is 3. The van der Waals surface area contributed by atoms with Crippen molar-refractivity contribution in [2.45, 2.75) is 70.3 Å². The Kier molecular flexibility index (Phi) is 5.64. The SMILES string of the molecule is CC(C)c1nc2c(c(I)c1[C@H](O)c1ccc(C(F)(F)F)cn1)C(O)CC1(CCC1)C2. The van der Waals surface area contributed by atoms with Gasteiger partial charge in [-0.1, -0.05) is 20.3 Å². The van der Waals surface area contributed by atoms with Crippen LogP contribution >= 0.6 is 22.6 Å². The van der Waals surface area contributed by atoms with Crippen LogP contribution in [0.3, 0.4) is 0 Å². The smallest absolute Gasteiger partial charge is 0.388 e. The van der Waals surface area contributed by atoms with Crippen LogP contribution in [0, 0.1) is 8.99 Å². The van der Waals surface area contributed by atoms with Gasteiger partial charge in [0.05, 0.1) is 23.1 Å². The van der Waals surface area contributed by atoms with Gasteiger partial charge in [-0.2, -0.15) is 13.2 Å². The second-order valence-electron chi connectivity index (χ2n) is 8.86. The molecule has 4 rings (SSSR count). The summed E-state index contributed by atoms with van der Waals surface area (Å²) in [6.07, 6.45) is -0.743. The Labute approximate surface area is 187 Å². The Morgan fingerprint density at radius 3 is 2.43 bits per heavy atom. The Balaban J connectivity index is 1.78. The van der Waals surface area contributed by atoms with E-state index in [9.17, 15) is 23.4 Å². The van der Waals surface area contributed by atoms with E-state index in [1.165, 1.54) is 12.5 Å². The topological polar surface area (TPSA) is 66.2 Å². The normalized spacial score (nSPS) is 21.4. The molecule has 0 bridgehead atoms. The summed E-state index contributed by atoms with van der Waals surface area (Å²) in [4.78, 5) is 8.75. The Bertz CT molecular complexity index is 956. The van der Waals surface area contributed by atoms with Gasteiger partial charge in [-0.3, -0.25) is 9.97 Å². The van der Waals surface area contributed by atoms with E-state index in [-0.39, 0.29) is 17.0 Å². The fraction of sp³-hybridized carbons (Fsp3) is 0.545. The Morgan fingerprint density at radius 1 is 1.23 bits per heavy atom. The lowest BCUT2D eigenvalue weighted by atomic mass is 9.59. The number of nitrogens with zero attached hydrogens (tertiary/aromatic N) is 2. The highest BCUT2D eigenvalue weighted by Crippen LogP contribution is 2.54. The van der Waals surface area contributed by atoms with Gasteiger partial charge in [0.25, 0.3) is 0 Å². The van der Waals surface area contributed by atoms with Gasteiger partial charge >= 0.3 is 6.18 Å². The van der Waals surface area contributed by atoms with Crippen molar-refractivity contribution < 1.29 is 23.4 Å². The Hall–Kier alpha value is -1.26. The van der Waals surface area contributed by atoms with E-state index in [1.807, 2.05) is 13.8 Å². The van der Waals surface area contributed by atoms with Gasteiger partial charge < -0.3 is 10.2 Å². The standard InChI is InChI=1S/C22H24F3IN2O2/c1-11(2)19-17(20(30)13-5-4-12(10-27-13)22(23,24)25)18(26)16-14(28-19)8-21(6-3-7-21)9-15(16)29/h4-5,10-11,15,20,29-30H,3,6-9H2,1-2H3/t15?,20-/m1/s1. The lowest BCUT2D eigenvalue weighted by Crippen LogP contribution is -2.38. The zero-order valence-electron chi connectivity index (χ0n) is 16.8. The van der Waals surface area contributed by atoms with Gasteiger partial charge in [-0.15, -0.1) is 0 Å². The highest BCUT2D eigenvalue weighted by atomic mass is 127. The number of pyridine rings is 2. The summed E-state index contributed by atoms with van der Waals surface area (Å²) in [6.45, 7) is 3.94. The molecule has 0 aliphatic heterocycles. The molecule has 2 aliphatic rings. The van der Waals surface area contributed by atoms with Crippen molar-refractivity contribution in [2.75, 3.05) is 0 Å². The average molecular weight is 532 g/mol. The van der Waals surface area contributed by atoms with Crippen LogP contribution < -0.4 is 0 Å². The highest BCUT2D eigenvalue weighted by molar-refractivity contribution is 14.1. The Morgan fingerprint density at radius 2 is 1.93 bits per heavy atom. The molecule has 2 atom stereocenters. The van der Waals surface area contributed by atoms with Gasteiger partial charge in [-0.25, -0.2) is 0 Å². The maximum Gasteiger partial charge on any atom is 0.417 e. The summed E-state index contributed by atoms with van der Waals surface area (Å²) < 4.78 is 39.3. The number of hydrogen-bond acceptors (Lipinski definition) is 4. The van der Waals surface area contributed by atoms with E-state index in [2.05, 4.69) is 27.6 Å². The molecular formula is C22H24F3IN2O2. The van der Waals surface area contributed by atoms with Gasteiger partial charge in [0.2, 0.25) is 0 Å². The van der Waals surface area contributed by atoms with Crippen LogP contribution in [-0.2, 0) is 12.6 Å². The molecule has 0 amide bonds. The lowest BCUT2D eigenvalue weighted by Gasteiger charge is -2.47. The molecule has 2 aromatic rings. The summed E-state index contributed by atoms with van der Waals surface area (Å²) in [5.74, 6) is -0.000626. The molecule has 0 aromatic carbocycles. The number of aliphatic hydroxyl groups is 2. The molecule has 1 spiro atoms. The van der Waals surface area contributed by atoms with Crippen molar-refractivity contribution in [2.24, 2.45) is 5.41 Å². The van der Waals surface area contributed by atoms with Crippen LogP contribution in [-0.4, -0.2) is 20.2 Å². The fourth-order valence-electron chi connectivity index (χ4n) is 4.70. The molecule has 8 heteroatoms.